The van der Waals surface area contributed by atoms with Crippen molar-refractivity contribution in [2.24, 2.45) is 0 Å². The molecule has 4 atom stereocenters. The number of aliphatic hydroxyl groups is 4. The number of hydrogen-bond acceptors (Lipinski definition) is 6. The van der Waals surface area contributed by atoms with Crippen LogP contribution in [0.2, 0.25) is 0 Å². The van der Waals surface area contributed by atoms with E-state index in [1.165, 1.54) is 0 Å². The summed E-state index contributed by atoms with van der Waals surface area (Å²) in [5, 5.41) is 35.4. The van der Waals surface area contributed by atoms with Gasteiger partial charge in [-0.3, -0.25) is 0 Å². The molecule has 0 bridgehead atoms. The van der Waals surface area contributed by atoms with Crippen molar-refractivity contribution in [3.63, 3.8) is 0 Å². The summed E-state index contributed by atoms with van der Waals surface area (Å²) in [6.07, 6.45) is 3.19. The average Bonchev–Trinajstić information content (AvgIpc) is 2.45. The number of hydrogen-bond donors (Lipinski definition) is 4. The molecular weight excluding hydrogens is 304 g/mol. The highest BCUT2D eigenvalue weighted by Gasteiger charge is 2.14. The highest BCUT2D eigenvalue weighted by Crippen LogP contribution is 2.08. The van der Waals surface area contributed by atoms with Gasteiger partial charge < -0.3 is 20.4 Å². The van der Waals surface area contributed by atoms with Crippen LogP contribution >= 0.6 is 0 Å². The van der Waals surface area contributed by atoms with Gasteiger partial charge in [-0.1, -0.05) is 25.7 Å². The van der Waals surface area contributed by atoms with Crippen LogP contribution in [0.5, 0.6) is 0 Å². The van der Waals surface area contributed by atoms with Gasteiger partial charge in [-0.2, -0.15) is 0 Å². The highest BCUT2D eigenvalue weighted by molar-refractivity contribution is 8.61. The van der Waals surface area contributed by atoms with Crippen LogP contribution in [0.25, 0.3) is 0 Å². The second-order valence-corrected chi connectivity index (χ2v) is 8.89. The Kier molecular flexibility index (Phi) is 12.9. The van der Waals surface area contributed by atoms with Crippen molar-refractivity contribution in [1.29, 1.82) is 0 Å². The molecule has 0 aromatic heterocycles. The molecule has 4 unspecified atom stereocenters. The van der Waals surface area contributed by atoms with Gasteiger partial charge in [0.1, 0.15) is 19.7 Å². The molecule has 4 N–H and O–H groups in total. The summed E-state index contributed by atoms with van der Waals surface area (Å²) in [6, 6.07) is 0. The topological polar surface area (TPSA) is 115 Å². The van der Waals surface area contributed by atoms with Crippen molar-refractivity contribution >= 4 is 19.7 Å². The maximum Gasteiger partial charge on any atom is 0.113 e. The van der Waals surface area contributed by atoms with Gasteiger partial charge in [0.25, 0.3) is 0 Å². The zero-order chi connectivity index (χ0) is 15.4. The van der Waals surface area contributed by atoms with Gasteiger partial charge in [-0.25, -0.2) is 8.42 Å². The first-order valence-electron chi connectivity index (χ1n) is 6.86. The molecule has 0 rings (SSSR count). The van der Waals surface area contributed by atoms with Crippen molar-refractivity contribution in [2.75, 3.05) is 24.7 Å². The molecule has 0 radical (unpaired) electrons. The van der Waals surface area contributed by atoms with Crippen LogP contribution in [0.3, 0.4) is 0 Å². The van der Waals surface area contributed by atoms with E-state index in [0.29, 0.717) is 18.6 Å². The van der Waals surface area contributed by atoms with E-state index in [4.69, 9.17) is 20.4 Å². The predicted octanol–water partition coefficient (Wildman–Crippen LogP) is -0.554. The van der Waals surface area contributed by atoms with E-state index in [0.717, 1.165) is 25.7 Å². The molecule has 0 amide bonds. The van der Waals surface area contributed by atoms with E-state index < -0.39 is 38.5 Å². The van der Waals surface area contributed by atoms with Crippen LogP contribution in [0.15, 0.2) is 0 Å². The largest absolute Gasteiger partial charge is 0.394 e. The first-order valence-corrected chi connectivity index (χ1v) is 10.0. The Bertz CT molecular complexity index is 287. The minimum absolute atomic E-state index is 0.151. The highest BCUT2D eigenvalue weighted by atomic mass is 33.1. The second-order valence-electron chi connectivity index (χ2n) is 4.71. The molecule has 0 aromatic rings. The van der Waals surface area contributed by atoms with Crippen molar-refractivity contribution in [3.05, 3.63) is 0 Å². The summed E-state index contributed by atoms with van der Waals surface area (Å²) < 4.78 is 23.0. The van der Waals surface area contributed by atoms with E-state index in [1.54, 1.807) is 0 Å². The van der Waals surface area contributed by atoms with Crippen molar-refractivity contribution < 1.29 is 28.8 Å². The summed E-state index contributed by atoms with van der Waals surface area (Å²) in [5.74, 6) is 0.187. The standard InChI is InChI=1S/C12H26O6S2/c13-8-11(15)6-4-2-1-3-5-7-19(17)20(18)10-12(16)9-14/h11-16H,1-10H2. The van der Waals surface area contributed by atoms with Gasteiger partial charge >= 0.3 is 0 Å². The average molecular weight is 330 g/mol. The Labute approximate surface area is 124 Å². The first-order chi connectivity index (χ1) is 9.51. The predicted molar refractivity (Wildman–Crippen MR) is 79.9 cm³/mol. The molecule has 0 aliphatic carbocycles. The third-order valence-electron chi connectivity index (χ3n) is 2.81. The Morgan fingerprint density at radius 3 is 1.90 bits per heavy atom. The summed E-state index contributed by atoms with van der Waals surface area (Å²) in [4.78, 5) is 0. The lowest BCUT2D eigenvalue weighted by Gasteiger charge is -2.07. The third-order valence-corrected chi connectivity index (χ3v) is 6.65. The van der Waals surface area contributed by atoms with E-state index in [1.807, 2.05) is 0 Å². The van der Waals surface area contributed by atoms with Gasteiger partial charge in [0.05, 0.1) is 31.2 Å². The number of unbranched alkanes of at least 4 members (excludes halogenated alkanes) is 4. The molecule has 8 heteroatoms. The van der Waals surface area contributed by atoms with Crippen molar-refractivity contribution in [1.82, 2.24) is 0 Å². The van der Waals surface area contributed by atoms with E-state index in [-0.39, 0.29) is 12.4 Å². The summed E-state index contributed by atoms with van der Waals surface area (Å²) >= 11 is 0. The SMILES string of the molecule is O=S(CCCCCCCC(O)CO)S(=O)CC(O)CO. The van der Waals surface area contributed by atoms with Crippen LogP contribution in [0.1, 0.15) is 38.5 Å². The zero-order valence-electron chi connectivity index (χ0n) is 11.6. The minimum Gasteiger partial charge on any atom is -0.394 e. The van der Waals surface area contributed by atoms with Crippen molar-refractivity contribution in [2.45, 2.75) is 50.7 Å². The van der Waals surface area contributed by atoms with Gasteiger partial charge in [-0.05, 0) is 12.8 Å². The molecule has 0 saturated carbocycles. The fourth-order valence-electron chi connectivity index (χ4n) is 1.60. The molecular formula is C12H26O6S2. The smallest absolute Gasteiger partial charge is 0.113 e. The molecule has 0 aliphatic heterocycles. The number of rotatable bonds is 13. The van der Waals surface area contributed by atoms with Crippen LogP contribution < -0.4 is 0 Å². The monoisotopic (exact) mass is 330 g/mol. The summed E-state index contributed by atoms with van der Waals surface area (Å²) in [6.45, 7) is -0.673. The molecule has 122 valence electrons. The second kappa shape index (κ2) is 12.8. The lowest BCUT2D eigenvalue weighted by molar-refractivity contribution is 0.0860. The Morgan fingerprint density at radius 1 is 0.750 bits per heavy atom. The third kappa shape index (κ3) is 10.9. The molecule has 0 heterocycles. The molecule has 0 saturated heterocycles. The van der Waals surface area contributed by atoms with Crippen LogP contribution in [-0.2, 0) is 19.7 Å². The minimum atomic E-state index is -1.61. The Hall–Kier alpha value is 0.140. The molecule has 20 heavy (non-hydrogen) atoms. The zero-order valence-corrected chi connectivity index (χ0v) is 13.3. The maximum absolute atomic E-state index is 11.6. The van der Waals surface area contributed by atoms with Crippen LogP contribution in [0, 0.1) is 0 Å². The van der Waals surface area contributed by atoms with E-state index >= 15 is 0 Å². The molecule has 0 aromatic carbocycles. The first kappa shape index (κ1) is 20.1. The Morgan fingerprint density at radius 2 is 1.30 bits per heavy atom. The maximum atomic E-state index is 11.6. The van der Waals surface area contributed by atoms with E-state index in [9.17, 15) is 8.42 Å². The Balaban J connectivity index is 3.50. The van der Waals surface area contributed by atoms with Gasteiger partial charge in [-0.15, -0.1) is 0 Å². The van der Waals surface area contributed by atoms with Crippen LogP contribution in [0.4, 0.5) is 0 Å². The molecule has 6 nitrogen and oxygen atoms in total. The normalized spacial score (nSPS) is 17.6. The number of aliphatic hydroxyl groups excluding tert-OH is 4. The fraction of sp³-hybridized carbons (Fsp3) is 1.00. The quantitative estimate of drug-likeness (QED) is 0.266. The summed E-state index contributed by atoms with van der Waals surface area (Å²) in [7, 11) is -3.08. The van der Waals surface area contributed by atoms with E-state index in [2.05, 4.69) is 0 Å². The van der Waals surface area contributed by atoms with Crippen molar-refractivity contribution in [3.8, 4) is 0 Å². The fourth-order valence-corrected chi connectivity index (χ4v) is 4.64. The van der Waals surface area contributed by atoms with Gasteiger partial charge in [0.2, 0.25) is 0 Å². The molecule has 0 aliphatic rings. The lowest BCUT2D eigenvalue weighted by Crippen LogP contribution is -2.23. The van der Waals surface area contributed by atoms with Crippen LogP contribution in [-0.4, -0.2) is 65.8 Å². The molecule has 0 spiro atoms. The summed E-state index contributed by atoms with van der Waals surface area (Å²) in [5.41, 5.74) is 0. The van der Waals surface area contributed by atoms with Gasteiger partial charge in [0, 0.05) is 5.75 Å². The lowest BCUT2D eigenvalue weighted by atomic mass is 10.1. The molecule has 0 fully saturated rings. The van der Waals surface area contributed by atoms with Gasteiger partial charge in [0.15, 0.2) is 0 Å².